The molecule has 6 heteroatoms. The van der Waals surface area contributed by atoms with Crippen LogP contribution in [0.3, 0.4) is 0 Å². The van der Waals surface area contributed by atoms with E-state index in [1.165, 1.54) is 0 Å². The Balaban J connectivity index is 1.75. The van der Waals surface area contributed by atoms with Crippen LogP contribution in [0, 0.1) is 0 Å². The van der Waals surface area contributed by atoms with E-state index < -0.39 is 0 Å². The number of pyridine rings is 2. The Kier molecular flexibility index (Phi) is 5.77. The standard InChI is InChI=1S/C24H20BrN3O2/c1-28(15-17-13-18(25)7-8-23(17)30-2)24(29)20-14-22(16-9-11-26-12-10-16)27-21-6-4-3-5-19(20)21/h3-14H,15H2,1-2H3. The van der Waals surface area contributed by atoms with Gasteiger partial charge in [0.25, 0.3) is 5.91 Å². The minimum absolute atomic E-state index is 0.0778. The first-order valence-corrected chi connectivity index (χ1v) is 10.2. The number of aromatic nitrogens is 2. The van der Waals surface area contributed by atoms with Crippen LogP contribution in [0.25, 0.3) is 22.2 Å². The van der Waals surface area contributed by atoms with Crippen LogP contribution in [0.1, 0.15) is 15.9 Å². The van der Waals surface area contributed by atoms with E-state index in [0.717, 1.165) is 37.9 Å². The van der Waals surface area contributed by atoms with Crippen molar-refractivity contribution in [1.29, 1.82) is 0 Å². The van der Waals surface area contributed by atoms with Gasteiger partial charge in [0.2, 0.25) is 0 Å². The molecule has 150 valence electrons. The monoisotopic (exact) mass is 461 g/mol. The maximum atomic E-state index is 13.5. The van der Waals surface area contributed by atoms with E-state index in [9.17, 15) is 4.79 Å². The molecule has 4 aromatic rings. The zero-order valence-electron chi connectivity index (χ0n) is 16.7. The van der Waals surface area contributed by atoms with Gasteiger partial charge in [-0.1, -0.05) is 34.1 Å². The molecular weight excluding hydrogens is 442 g/mol. The lowest BCUT2D eigenvalue weighted by Crippen LogP contribution is -2.26. The molecule has 4 rings (SSSR count). The average molecular weight is 462 g/mol. The van der Waals surface area contributed by atoms with Crippen LogP contribution in [0.2, 0.25) is 0 Å². The highest BCUT2D eigenvalue weighted by atomic mass is 79.9. The highest BCUT2D eigenvalue weighted by molar-refractivity contribution is 9.10. The molecule has 0 aliphatic heterocycles. The number of benzene rings is 2. The van der Waals surface area contributed by atoms with Gasteiger partial charge in [0.05, 0.1) is 23.9 Å². The second-order valence-corrected chi connectivity index (χ2v) is 7.84. The van der Waals surface area contributed by atoms with Gasteiger partial charge in [0, 0.05) is 47.0 Å². The van der Waals surface area contributed by atoms with E-state index in [1.807, 2.05) is 60.7 Å². The third-order valence-electron chi connectivity index (χ3n) is 4.92. The molecule has 0 spiro atoms. The molecule has 2 heterocycles. The normalized spacial score (nSPS) is 10.8. The summed E-state index contributed by atoms with van der Waals surface area (Å²) in [4.78, 5) is 24.0. The number of methoxy groups -OCH3 is 1. The van der Waals surface area contributed by atoms with Crippen LogP contribution >= 0.6 is 15.9 Å². The van der Waals surface area contributed by atoms with Crippen LogP contribution in [-0.2, 0) is 6.54 Å². The molecule has 0 bridgehead atoms. The fraction of sp³-hybridized carbons (Fsp3) is 0.125. The van der Waals surface area contributed by atoms with Crippen molar-refractivity contribution in [3.8, 4) is 17.0 Å². The smallest absolute Gasteiger partial charge is 0.254 e. The number of para-hydroxylation sites is 1. The summed E-state index contributed by atoms with van der Waals surface area (Å²) in [6, 6.07) is 19.1. The van der Waals surface area contributed by atoms with Crippen LogP contribution in [0.4, 0.5) is 0 Å². The Hall–Kier alpha value is -3.25. The Bertz CT molecular complexity index is 1210. The van der Waals surface area contributed by atoms with Crippen molar-refractivity contribution in [3.63, 3.8) is 0 Å². The zero-order valence-corrected chi connectivity index (χ0v) is 18.3. The molecule has 1 amide bonds. The molecule has 0 fully saturated rings. The summed E-state index contributed by atoms with van der Waals surface area (Å²) in [5, 5.41) is 0.827. The molecule has 0 aliphatic carbocycles. The van der Waals surface area contributed by atoms with Crippen molar-refractivity contribution in [2.45, 2.75) is 6.54 Å². The van der Waals surface area contributed by atoms with Crippen molar-refractivity contribution >= 4 is 32.7 Å². The molecule has 0 saturated heterocycles. The van der Waals surface area contributed by atoms with Crippen LogP contribution in [-0.4, -0.2) is 34.9 Å². The second-order valence-electron chi connectivity index (χ2n) is 6.93. The Labute approximate surface area is 183 Å². The molecule has 0 saturated carbocycles. The van der Waals surface area contributed by atoms with Gasteiger partial charge in [-0.15, -0.1) is 0 Å². The average Bonchev–Trinajstić information content (AvgIpc) is 2.78. The quantitative estimate of drug-likeness (QED) is 0.402. The minimum Gasteiger partial charge on any atom is -0.496 e. The van der Waals surface area contributed by atoms with E-state index in [1.54, 1.807) is 31.5 Å². The van der Waals surface area contributed by atoms with Gasteiger partial charge in [0.15, 0.2) is 0 Å². The number of rotatable bonds is 5. The summed E-state index contributed by atoms with van der Waals surface area (Å²) in [6.45, 7) is 0.419. The number of fused-ring (bicyclic) bond motifs is 1. The van der Waals surface area contributed by atoms with E-state index in [0.29, 0.717) is 12.1 Å². The Morgan fingerprint density at radius 3 is 2.60 bits per heavy atom. The first-order valence-electron chi connectivity index (χ1n) is 9.45. The predicted molar refractivity (Wildman–Crippen MR) is 121 cm³/mol. The predicted octanol–water partition coefficient (Wildman–Crippen LogP) is 5.34. The third kappa shape index (κ3) is 4.04. The number of hydrogen-bond donors (Lipinski definition) is 0. The number of carbonyl (C=O) groups excluding carboxylic acids is 1. The fourth-order valence-electron chi connectivity index (χ4n) is 3.43. The summed E-state index contributed by atoms with van der Waals surface area (Å²) >= 11 is 3.49. The molecule has 0 N–H and O–H groups in total. The third-order valence-corrected chi connectivity index (χ3v) is 5.41. The van der Waals surface area contributed by atoms with E-state index >= 15 is 0 Å². The summed E-state index contributed by atoms with van der Waals surface area (Å²) in [5.74, 6) is 0.667. The Morgan fingerprint density at radius 1 is 1.07 bits per heavy atom. The van der Waals surface area contributed by atoms with Crippen molar-refractivity contribution in [2.24, 2.45) is 0 Å². The van der Waals surface area contributed by atoms with E-state index in [-0.39, 0.29) is 5.91 Å². The molecule has 0 radical (unpaired) electrons. The lowest BCUT2D eigenvalue weighted by atomic mass is 10.0. The van der Waals surface area contributed by atoms with Gasteiger partial charge in [-0.05, 0) is 42.5 Å². The molecule has 0 atom stereocenters. The van der Waals surface area contributed by atoms with Crippen LogP contribution in [0.15, 0.2) is 77.5 Å². The number of hydrogen-bond acceptors (Lipinski definition) is 4. The second kappa shape index (κ2) is 8.63. The topological polar surface area (TPSA) is 55.3 Å². The van der Waals surface area contributed by atoms with E-state index in [4.69, 9.17) is 9.72 Å². The molecular formula is C24H20BrN3O2. The molecule has 2 aromatic carbocycles. The van der Waals surface area contributed by atoms with Crippen molar-refractivity contribution in [2.75, 3.05) is 14.2 Å². The number of ether oxygens (including phenoxy) is 1. The number of nitrogens with zero attached hydrogens (tertiary/aromatic N) is 3. The number of amides is 1. The maximum Gasteiger partial charge on any atom is 0.254 e. The highest BCUT2D eigenvalue weighted by Crippen LogP contribution is 2.28. The summed E-state index contributed by atoms with van der Waals surface area (Å²) in [6.07, 6.45) is 3.44. The Morgan fingerprint density at radius 2 is 1.83 bits per heavy atom. The van der Waals surface area contributed by atoms with Crippen molar-refractivity contribution < 1.29 is 9.53 Å². The zero-order chi connectivity index (χ0) is 21.1. The van der Waals surface area contributed by atoms with E-state index in [2.05, 4.69) is 20.9 Å². The molecule has 0 unspecified atom stereocenters. The van der Waals surface area contributed by atoms with Gasteiger partial charge in [-0.25, -0.2) is 4.98 Å². The lowest BCUT2D eigenvalue weighted by Gasteiger charge is -2.20. The van der Waals surface area contributed by atoms with Crippen LogP contribution in [0.5, 0.6) is 5.75 Å². The molecule has 5 nitrogen and oxygen atoms in total. The fourth-order valence-corrected chi connectivity index (χ4v) is 3.84. The van der Waals surface area contributed by atoms with Gasteiger partial charge < -0.3 is 9.64 Å². The van der Waals surface area contributed by atoms with Gasteiger partial charge >= 0.3 is 0 Å². The van der Waals surface area contributed by atoms with Gasteiger partial charge in [-0.3, -0.25) is 9.78 Å². The molecule has 30 heavy (non-hydrogen) atoms. The molecule has 0 aliphatic rings. The summed E-state index contributed by atoms with van der Waals surface area (Å²) < 4.78 is 6.40. The number of halogens is 1. The van der Waals surface area contributed by atoms with Crippen LogP contribution < -0.4 is 4.74 Å². The van der Waals surface area contributed by atoms with Crippen molar-refractivity contribution in [1.82, 2.24) is 14.9 Å². The minimum atomic E-state index is -0.0778. The highest BCUT2D eigenvalue weighted by Gasteiger charge is 2.19. The lowest BCUT2D eigenvalue weighted by molar-refractivity contribution is 0.0786. The SMILES string of the molecule is COc1ccc(Br)cc1CN(C)C(=O)c1cc(-c2ccncc2)nc2ccccc12. The van der Waals surface area contributed by atoms with Crippen molar-refractivity contribution in [3.05, 3.63) is 88.7 Å². The van der Waals surface area contributed by atoms with Gasteiger partial charge in [0.1, 0.15) is 5.75 Å². The maximum absolute atomic E-state index is 13.5. The number of carbonyl (C=O) groups is 1. The summed E-state index contributed by atoms with van der Waals surface area (Å²) in [7, 11) is 3.43. The largest absolute Gasteiger partial charge is 0.496 e. The first-order chi connectivity index (χ1) is 14.6. The summed E-state index contributed by atoms with van der Waals surface area (Å²) in [5.41, 5.74) is 3.98. The van der Waals surface area contributed by atoms with Gasteiger partial charge in [-0.2, -0.15) is 0 Å². The molecule has 2 aromatic heterocycles. The first kappa shape index (κ1) is 20.0.